The van der Waals surface area contributed by atoms with Crippen molar-refractivity contribution in [3.8, 4) is 0 Å². The second-order valence-electron chi connectivity index (χ2n) is 11.5. The van der Waals surface area contributed by atoms with Gasteiger partial charge in [-0.25, -0.2) is 0 Å². The van der Waals surface area contributed by atoms with E-state index in [2.05, 4.69) is 0 Å². The van der Waals surface area contributed by atoms with Crippen LogP contribution in [-0.2, 0) is 19.1 Å². The minimum absolute atomic E-state index is 0.259. The summed E-state index contributed by atoms with van der Waals surface area (Å²) >= 11 is 0. The van der Waals surface area contributed by atoms with Crippen molar-refractivity contribution < 1.29 is 59.9 Å². The second kappa shape index (κ2) is 12.8. The fourth-order valence-corrected chi connectivity index (χ4v) is 6.10. The van der Waals surface area contributed by atoms with Gasteiger partial charge in [0.1, 0.15) is 74.1 Å². The first-order valence-electron chi connectivity index (χ1n) is 14.3. The van der Waals surface area contributed by atoms with E-state index in [-0.39, 0.29) is 24.9 Å². The van der Waals surface area contributed by atoms with E-state index in [1.165, 1.54) is 9.80 Å². The molecule has 3 aliphatic rings. The number of hydrogen-bond acceptors (Lipinski definition) is 12. The predicted molar refractivity (Wildman–Crippen MR) is 153 cm³/mol. The van der Waals surface area contributed by atoms with E-state index in [1.807, 2.05) is 0 Å². The molecule has 3 heterocycles. The van der Waals surface area contributed by atoms with E-state index in [9.17, 15) is 50.4 Å². The number of carbonyl (C=O) groups excluding carboxylic acids is 2. The van der Waals surface area contributed by atoms with Gasteiger partial charge >= 0.3 is 0 Å². The lowest BCUT2D eigenvalue weighted by molar-refractivity contribution is -0.231. The standard InChI is InChI=1S/C30H38N2O12/c1-13-7-15(3-5-17(13)29-27(41)25(39)23(37)19(11-33)43-29)31-9-22(36)32(10-21(31)35)16-4-6-18(14(2)8-16)30-28(42)26(40)24(38)20(12-34)44-30/h3-8,19-20,23-30,33-34,37-42H,9-12H2,1-2H3/t19-,20-,23-,24-,25+,26+,27-,28-,29-,30-/m1/s1. The molecule has 14 nitrogen and oxygen atoms in total. The number of piperazine rings is 1. The van der Waals surface area contributed by atoms with Crippen LogP contribution in [0.4, 0.5) is 11.4 Å². The summed E-state index contributed by atoms with van der Waals surface area (Å²) in [4.78, 5) is 29.2. The predicted octanol–water partition coefficient (Wildman–Crippen LogP) is -2.29. The Balaban J connectivity index is 1.31. The van der Waals surface area contributed by atoms with Gasteiger partial charge in [-0.3, -0.25) is 9.59 Å². The lowest BCUT2D eigenvalue weighted by Crippen LogP contribution is -2.55. The summed E-state index contributed by atoms with van der Waals surface area (Å²) in [5.74, 6) is -0.722. The molecule has 3 saturated heterocycles. The van der Waals surface area contributed by atoms with E-state index < -0.39 is 74.3 Å². The first kappa shape index (κ1) is 32.4. The van der Waals surface area contributed by atoms with Gasteiger partial charge in [-0.05, 0) is 60.4 Å². The lowest BCUT2D eigenvalue weighted by Gasteiger charge is -2.41. The van der Waals surface area contributed by atoms with E-state index >= 15 is 0 Å². The molecule has 0 bridgehead atoms. The van der Waals surface area contributed by atoms with Crippen LogP contribution in [0.15, 0.2) is 36.4 Å². The SMILES string of the molecule is Cc1cc(N2CC(=O)N(c3ccc([C@H]4O[C@H](CO)[C@@H](O)[C@H](O)[C@H]4O)c(C)c3)CC2=O)ccc1[C@H]1O[C@H](CO)[C@@H](O)[C@H](O)[C@H]1O. The number of rotatable bonds is 6. The number of nitrogens with zero attached hydrogens (tertiary/aromatic N) is 2. The summed E-state index contributed by atoms with van der Waals surface area (Å²) in [6.45, 7) is 1.78. The number of aryl methyl sites for hydroxylation is 2. The number of carbonyl (C=O) groups is 2. The molecule has 0 saturated carbocycles. The number of aliphatic hydroxyl groups is 8. The summed E-state index contributed by atoms with van der Waals surface area (Å²) in [7, 11) is 0. The number of ether oxygens (including phenoxy) is 2. The smallest absolute Gasteiger partial charge is 0.247 e. The lowest BCUT2D eigenvalue weighted by atomic mass is 9.89. The number of anilines is 2. The average Bonchev–Trinajstić information content (AvgIpc) is 3.00. The van der Waals surface area contributed by atoms with E-state index in [4.69, 9.17) is 9.47 Å². The number of amides is 2. The van der Waals surface area contributed by atoms with Crippen LogP contribution >= 0.6 is 0 Å². The first-order valence-corrected chi connectivity index (χ1v) is 14.3. The third kappa shape index (κ3) is 5.74. The maximum absolute atomic E-state index is 13.3. The Morgan fingerprint density at radius 1 is 0.614 bits per heavy atom. The molecule has 2 amide bonds. The van der Waals surface area contributed by atoms with Gasteiger partial charge < -0.3 is 60.1 Å². The fraction of sp³-hybridized carbons (Fsp3) is 0.533. The Hall–Kier alpha value is -3.02. The average molecular weight is 619 g/mol. The minimum atomic E-state index is -1.54. The van der Waals surface area contributed by atoms with Gasteiger partial charge in [0, 0.05) is 11.4 Å². The van der Waals surface area contributed by atoms with Gasteiger partial charge in [-0.15, -0.1) is 0 Å². The summed E-state index contributed by atoms with van der Waals surface area (Å²) in [6.07, 6.45) is -13.2. The summed E-state index contributed by atoms with van der Waals surface area (Å²) < 4.78 is 11.3. The van der Waals surface area contributed by atoms with Crippen LogP contribution in [0.3, 0.4) is 0 Å². The zero-order valence-electron chi connectivity index (χ0n) is 24.2. The van der Waals surface area contributed by atoms with E-state index in [1.54, 1.807) is 50.2 Å². The van der Waals surface area contributed by atoms with Gasteiger partial charge in [0.15, 0.2) is 0 Å². The maximum atomic E-state index is 13.3. The van der Waals surface area contributed by atoms with Crippen molar-refractivity contribution in [3.63, 3.8) is 0 Å². The van der Waals surface area contributed by atoms with E-state index in [0.717, 1.165) is 0 Å². The van der Waals surface area contributed by atoms with Crippen LogP contribution in [0, 0.1) is 13.8 Å². The van der Waals surface area contributed by atoms with Crippen molar-refractivity contribution in [2.75, 3.05) is 36.1 Å². The third-order valence-electron chi connectivity index (χ3n) is 8.72. The number of hydrogen-bond donors (Lipinski definition) is 8. The van der Waals surface area contributed by atoms with Crippen LogP contribution in [0.1, 0.15) is 34.5 Å². The largest absolute Gasteiger partial charge is 0.394 e. The molecule has 0 aliphatic carbocycles. The minimum Gasteiger partial charge on any atom is -0.394 e. The highest BCUT2D eigenvalue weighted by Crippen LogP contribution is 2.37. The molecule has 0 aromatic heterocycles. The van der Waals surface area contributed by atoms with Gasteiger partial charge in [-0.1, -0.05) is 12.1 Å². The van der Waals surface area contributed by atoms with Gasteiger partial charge in [0.25, 0.3) is 0 Å². The van der Waals surface area contributed by atoms with Gasteiger partial charge in [0.2, 0.25) is 11.8 Å². The molecule has 14 heteroatoms. The van der Waals surface area contributed by atoms with Gasteiger partial charge in [0.05, 0.1) is 13.2 Å². The monoisotopic (exact) mass is 618 g/mol. The molecule has 3 fully saturated rings. The Morgan fingerprint density at radius 3 is 1.30 bits per heavy atom. The molecule has 2 aromatic carbocycles. The van der Waals surface area contributed by atoms with Crippen molar-refractivity contribution in [1.82, 2.24) is 0 Å². The zero-order chi connectivity index (χ0) is 32.0. The Morgan fingerprint density at radius 2 is 0.977 bits per heavy atom. The topological polar surface area (TPSA) is 221 Å². The van der Waals surface area contributed by atoms with Crippen LogP contribution in [0.2, 0.25) is 0 Å². The van der Waals surface area contributed by atoms with Crippen molar-refractivity contribution in [2.45, 2.75) is 74.9 Å². The molecule has 0 spiro atoms. The van der Waals surface area contributed by atoms with Crippen LogP contribution in [0.5, 0.6) is 0 Å². The molecule has 2 aromatic rings. The summed E-state index contributed by atoms with van der Waals surface area (Å²) in [5, 5.41) is 80.6. The second-order valence-corrected chi connectivity index (χ2v) is 11.5. The third-order valence-corrected chi connectivity index (χ3v) is 8.72. The van der Waals surface area contributed by atoms with Crippen molar-refractivity contribution in [1.29, 1.82) is 0 Å². The molecule has 10 atom stereocenters. The molecular formula is C30H38N2O12. The highest BCUT2D eigenvalue weighted by atomic mass is 16.6. The molecule has 0 unspecified atom stereocenters. The normalized spacial score (nSPS) is 34.9. The molecule has 3 aliphatic heterocycles. The van der Waals surface area contributed by atoms with E-state index in [0.29, 0.717) is 33.6 Å². The summed E-state index contributed by atoms with van der Waals surface area (Å²) in [5.41, 5.74) is 3.02. The molecule has 5 rings (SSSR count). The molecule has 0 radical (unpaired) electrons. The Labute approximate surface area is 252 Å². The van der Waals surface area contributed by atoms with Crippen LogP contribution in [-0.4, -0.2) is 128 Å². The van der Waals surface area contributed by atoms with Crippen LogP contribution in [0.25, 0.3) is 0 Å². The van der Waals surface area contributed by atoms with Crippen molar-refractivity contribution in [3.05, 3.63) is 58.7 Å². The quantitative estimate of drug-likeness (QED) is 0.172. The molecule has 8 N–H and O–H groups in total. The highest BCUT2D eigenvalue weighted by Gasteiger charge is 2.46. The number of benzene rings is 2. The Kier molecular flexibility index (Phi) is 9.39. The Bertz CT molecular complexity index is 1280. The summed E-state index contributed by atoms with van der Waals surface area (Å²) in [6, 6.07) is 9.67. The van der Waals surface area contributed by atoms with Gasteiger partial charge in [-0.2, -0.15) is 0 Å². The zero-order valence-corrected chi connectivity index (χ0v) is 24.2. The molecule has 240 valence electrons. The van der Waals surface area contributed by atoms with Crippen molar-refractivity contribution in [2.24, 2.45) is 0 Å². The fourth-order valence-electron chi connectivity index (χ4n) is 6.10. The molecular weight excluding hydrogens is 580 g/mol. The van der Waals surface area contributed by atoms with Crippen molar-refractivity contribution >= 4 is 23.2 Å². The van der Waals surface area contributed by atoms with Crippen LogP contribution < -0.4 is 9.80 Å². The number of aliphatic hydroxyl groups excluding tert-OH is 8. The maximum Gasteiger partial charge on any atom is 0.247 e. The highest BCUT2D eigenvalue weighted by molar-refractivity contribution is 6.12. The first-order chi connectivity index (χ1) is 20.9. The molecule has 44 heavy (non-hydrogen) atoms.